The van der Waals surface area contributed by atoms with Crippen molar-refractivity contribution in [3.63, 3.8) is 0 Å². The average Bonchev–Trinajstić information content (AvgIpc) is 2.32. The lowest BCUT2D eigenvalue weighted by Gasteiger charge is -2.10. The van der Waals surface area contributed by atoms with Crippen molar-refractivity contribution in [2.45, 2.75) is 38.2 Å². The SMILES string of the molecule is C[Si](C)(C)CC#CC[C@H](O)COc1ccccc1. The van der Waals surface area contributed by atoms with Crippen LogP contribution in [0.4, 0.5) is 0 Å². The molecule has 1 rings (SSSR count). The molecule has 0 saturated carbocycles. The molecule has 0 aliphatic heterocycles. The van der Waals surface area contributed by atoms with Gasteiger partial charge in [0.25, 0.3) is 0 Å². The predicted octanol–water partition coefficient (Wildman–Crippen LogP) is 3.16. The third-order valence-electron chi connectivity index (χ3n) is 2.27. The first-order valence-corrected chi connectivity index (χ1v) is 10.00. The molecular weight excluding hydrogens is 240 g/mol. The third-order valence-corrected chi connectivity index (χ3v) is 3.50. The van der Waals surface area contributed by atoms with Gasteiger partial charge in [0.1, 0.15) is 12.4 Å². The molecule has 18 heavy (non-hydrogen) atoms. The van der Waals surface area contributed by atoms with Crippen LogP contribution in [0, 0.1) is 11.8 Å². The number of ether oxygens (including phenoxy) is 1. The zero-order valence-corrected chi connectivity index (χ0v) is 12.4. The number of aliphatic hydroxyl groups is 1. The smallest absolute Gasteiger partial charge is 0.119 e. The second-order valence-electron chi connectivity index (χ2n) is 5.57. The molecule has 0 fully saturated rings. The Morgan fingerprint density at radius 2 is 1.83 bits per heavy atom. The summed E-state index contributed by atoms with van der Waals surface area (Å²) in [7, 11) is -1.09. The first-order valence-electron chi connectivity index (χ1n) is 6.29. The zero-order valence-electron chi connectivity index (χ0n) is 11.4. The summed E-state index contributed by atoms with van der Waals surface area (Å²) in [6.45, 7) is 7.16. The van der Waals surface area contributed by atoms with Crippen molar-refractivity contribution in [3.8, 4) is 17.6 Å². The fourth-order valence-corrected chi connectivity index (χ4v) is 1.94. The number of para-hydroxylation sites is 1. The molecule has 1 aromatic rings. The summed E-state index contributed by atoms with van der Waals surface area (Å²) in [6, 6.07) is 10.5. The van der Waals surface area contributed by atoms with Crippen LogP contribution in [0.5, 0.6) is 5.75 Å². The molecule has 0 radical (unpaired) electrons. The van der Waals surface area contributed by atoms with Crippen molar-refractivity contribution >= 4 is 8.07 Å². The van der Waals surface area contributed by atoms with Gasteiger partial charge in [-0.25, -0.2) is 0 Å². The first kappa shape index (κ1) is 14.8. The summed E-state index contributed by atoms with van der Waals surface area (Å²) in [4.78, 5) is 0. The van der Waals surface area contributed by atoms with E-state index in [9.17, 15) is 5.11 Å². The second-order valence-corrected chi connectivity index (χ2v) is 11.0. The van der Waals surface area contributed by atoms with Gasteiger partial charge in [-0.15, -0.1) is 11.8 Å². The van der Waals surface area contributed by atoms with Gasteiger partial charge in [0.2, 0.25) is 0 Å². The van der Waals surface area contributed by atoms with E-state index in [0.717, 1.165) is 11.8 Å². The Kier molecular flexibility index (Phi) is 5.97. The standard InChI is InChI=1S/C15H22O2Si/c1-18(2,3)12-8-7-9-14(16)13-17-15-10-5-4-6-11-15/h4-6,10-11,14,16H,9,12-13H2,1-3H3/t14-/m0/s1. The van der Waals surface area contributed by atoms with Crippen LogP contribution in [-0.2, 0) is 0 Å². The Bertz CT molecular complexity index is 398. The lowest BCUT2D eigenvalue weighted by molar-refractivity contribution is 0.111. The van der Waals surface area contributed by atoms with Crippen LogP contribution in [0.1, 0.15) is 6.42 Å². The molecule has 1 aromatic carbocycles. The van der Waals surface area contributed by atoms with Crippen molar-refractivity contribution < 1.29 is 9.84 Å². The molecule has 0 bridgehead atoms. The lowest BCUT2D eigenvalue weighted by Crippen LogP contribution is -2.18. The van der Waals surface area contributed by atoms with Crippen molar-refractivity contribution in [1.29, 1.82) is 0 Å². The molecule has 98 valence electrons. The number of hydrogen-bond donors (Lipinski definition) is 1. The Labute approximate surface area is 111 Å². The normalized spacial score (nSPS) is 12.4. The highest BCUT2D eigenvalue weighted by Crippen LogP contribution is 2.09. The van der Waals surface area contributed by atoms with E-state index in [1.165, 1.54) is 0 Å². The summed E-state index contributed by atoms with van der Waals surface area (Å²) in [5.41, 5.74) is 0. The molecule has 0 saturated heterocycles. The molecule has 2 nitrogen and oxygen atoms in total. The van der Waals surface area contributed by atoms with Gasteiger partial charge in [0.05, 0.1) is 14.2 Å². The number of benzene rings is 1. The van der Waals surface area contributed by atoms with Gasteiger partial charge in [-0.2, -0.15) is 0 Å². The zero-order chi connectivity index (χ0) is 13.4. The van der Waals surface area contributed by atoms with Gasteiger partial charge >= 0.3 is 0 Å². The Balaban J connectivity index is 2.24. The van der Waals surface area contributed by atoms with E-state index in [0.29, 0.717) is 13.0 Å². The van der Waals surface area contributed by atoms with Crippen molar-refractivity contribution in [1.82, 2.24) is 0 Å². The average molecular weight is 262 g/mol. The van der Waals surface area contributed by atoms with E-state index in [1.807, 2.05) is 30.3 Å². The summed E-state index contributed by atoms with van der Waals surface area (Å²) < 4.78 is 5.46. The highest BCUT2D eigenvalue weighted by atomic mass is 28.3. The van der Waals surface area contributed by atoms with E-state index in [4.69, 9.17) is 4.74 Å². The van der Waals surface area contributed by atoms with Crippen molar-refractivity contribution in [2.75, 3.05) is 6.61 Å². The maximum Gasteiger partial charge on any atom is 0.119 e. The van der Waals surface area contributed by atoms with Crippen molar-refractivity contribution in [3.05, 3.63) is 30.3 Å². The summed E-state index contributed by atoms with van der Waals surface area (Å²) in [5.74, 6) is 6.97. The number of aliphatic hydroxyl groups excluding tert-OH is 1. The molecule has 0 amide bonds. The fourth-order valence-electron chi connectivity index (χ4n) is 1.29. The molecule has 0 unspecified atom stereocenters. The van der Waals surface area contributed by atoms with Crippen LogP contribution in [0.2, 0.25) is 25.7 Å². The minimum atomic E-state index is -1.09. The monoisotopic (exact) mass is 262 g/mol. The van der Waals surface area contributed by atoms with Gasteiger partial charge in [-0.3, -0.25) is 0 Å². The maximum absolute atomic E-state index is 9.72. The number of rotatable bonds is 5. The van der Waals surface area contributed by atoms with Crippen LogP contribution in [-0.4, -0.2) is 25.9 Å². The van der Waals surface area contributed by atoms with Crippen LogP contribution in [0.15, 0.2) is 30.3 Å². The molecule has 0 aromatic heterocycles. The fraction of sp³-hybridized carbons (Fsp3) is 0.467. The molecular formula is C15H22O2Si. The molecule has 0 aliphatic carbocycles. The van der Waals surface area contributed by atoms with E-state index < -0.39 is 14.2 Å². The van der Waals surface area contributed by atoms with E-state index in [1.54, 1.807) is 0 Å². The van der Waals surface area contributed by atoms with Gasteiger partial charge in [-0.1, -0.05) is 37.8 Å². The molecule has 0 heterocycles. The molecule has 3 heteroatoms. The van der Waals surface area contributed by atoms with Gasteiger partial charge in [-0.05, 0) is 12.1 Å². The van der Waals surface area contributed by atoms with Gasteiger partial charge < -0.3 is 9.84 Å². The number of hydrogen-bond acceptors (Lipinski definition) is 2. The van der Waals surface area contributed by atoms with E-state index in [-0.39, 0.29) is 0 Å². The molecule has 1 atom stereocenters. The molecule has 0 aliphatic rings. The molecule has 1 N–H and O–H groups in total. The van der Waals surface area contributed by atoms with Crippen molar-refractivity contribution in [2.24, 2.45) is 0 Å². The van der Waals surface area contributed by atoms with Crippen LogP contribution < -0.4 is 4.74 Å². The Hall–Kier alpha value is -1.24. The third kappa shape index (κ3) is 7.15. The van der Waals surface area contributed by atoms with Crippen LogP contribution in [0.3, 0.4) is 0 Å². The summed E-state index contributed by atoms with van der Waals surface area (Å²) >= 11 is 0. The molecule has 0 spiro atoms. The maximum atomic E-state index is 9.72. The highest BCUT2D eigenvalue weighted by molar-refractivity contribution is 6.76. The quantitative estimate of drug-likeness (QED) is 0.652. The van der Waals surface area contributed by atoms with Gasteiger partial charge in [0, 0.05) is 12.5 Å². The van der Waals surface area contributed by atoms with E-state index in [2.05, 4.69) is 31.5 Å². The minimum absolute atomic E-state index is 0.297. The Morgan fingerprint density at radius 3 is 2.44 bits per heavy atom. The predicted molar refractivity (Wildman–Crippen MR) is 78.5 cm³/mol. The minimum Gasteiger partial charge on any atom is -0.491 e. The highest BCUT2D eigenvalue weighted by Gasteiger charge is 2.10. The van der Waals surface area contributed by atoms with Crippen LogP contribution >= 0.6 is 0 Å². The lowest BCUT2D eigenvalue weighted by atomic mass is 10.3. The van der Waals surface area contributed by atoms with Crippen LogP contribution in [0.25, 0.3) is 0 Å². The summed E-state index contributed by atoms with van der Waals surface area (Å²) in [6.07, 6.45) is -0.0311. The second kappa shape index (κ2) is 7.25. The van der Waals surface area contributed by atoms with Gasteiger partial charge in [0.15, 0.2) is 0 Å². The first-order chi connectivity index (χ1) is 8.47. The Morgan fingerprint density at radius 1 is 1.17 bits per heavy atom. The largest absolute Gasteiger partial charge is 0.491 e. The van der Waals surface area contributed by atoms with E-state index >= 15 is 0 Å². The topological polar surface area (TPSA) is 29.5 Å². The summed E-state index contributed by atoms with van der Waals surface area (Å²) in [5, 5.41) is 9.72.